The topological polar surface area (TPSA) is 51.5 Å². The van der Waals surface area contributed by atoms with Crippen LogP contribution in [0.4, 0.5) is 5.69 Å². The van der Waals surface area contributed by atoms with Crippen molar-refractivity contribution in [2.24, 2.45) is 0 Å². The smallest absolute Gasteiger partial charge is 0.214 e. The number of para-hydroxylation sites is 1. The molecule has 3 aromatic rings. The van der Waals surface area contributed by atoms with Crippen molar-refractivity contribution in [1.82, 2.24) is 0 Å². The minimum absolute atomic E-state index is 0.316. The van der Waals surface area contributed by atoms with Crippen molar-refractivity contribution in [2.75, 3.05) is 11.4 Å². The number of hydrogen-bond donors (Lipinski definition) is 0. The van der Waals surface area contributed by atoms with E-state index < -0.39 is 9.84 Å². The zero-order chi connectivity index (χ0) is 19.0. The number of aromatic amines is 1. The van der Waals surface area contributed by atoms with E-state index in [1.165, 1.54) is 6.42 Å². The first-order valence-electron chi connectivity index (χ1n) is 9.50. The first-order valence-corrected chi connectivity index (χ1v) is 11.0. The predicted octanol–water partition coefficient (Wildman–Crippen LogP) is 4.17. The Morgan fingerprint density at radius 1 is 1.04 bits per heavy atom. The van der Waals surface area contributed by atoms with Crippen LogP contribution in [0, 0.1) is 6.92 Å². The van der Waals surface area contributed by atoms with Gasteiger partial charge in [-0.1, -0.05) is 29.8 Å². The summed E-state index contributed by atoms with van der Waals surface area (Å²) in [6.45, 7) is 5.03. The molecule has 0 spiro atoms. The molecular formula is C22H25N2O2S+. The number of piperidine rings is 1. The molecule has 140 valence electrons. The maximum absolute atomic E-state index is 13.5. The number of rotatable bonds is 3. The van der Waals surface area contributed by atoms with Gasteiger partial charge in [0.25, 0.3) is 0 Å². The van der Waals surface area contributed by atoms with Gasteiger partial charge >= 0.3 is 0 Å². The molecule has 0 saturated carbocycles. The molecule has 2 heterocycles. The fourth-order valence-corrected chi connectivity index (χ4v) is 5.38. The molecule has 0 aliphatic carbocycles. The molecule has 1 aromatic heterocycles. The molecular weight excluding hydrogens is 356 g/mol. The van der Waals surface area contributed by atoms with Crippen LogP contribution < -0.4 is 9.88 Å². The van der Waals surface area contributed by atoms with E-state index in [-0.39, 0.29) is 0 Å². The summed E-state index contributed by atoms with van der Waals surface area (Å²) in [6.07, 6.45) is 5.01. The maximum atomic E-state index is 13.5. The second-order valence-electron chi connectivity index (χ2n) is 7.40. The summed E-state index contributed by atoms with van der Waals surface area (Å²) in [4.78, 5) is 6.17. The largest absolute Gasteiger partial charge is 0.367 e. The highest BCUT2D eigenvalue weighted by atomic mass is 32.2. The number of pyridine rings is 1. The van der Waals surface area contributed by atoms with Crippen LogP contribution in [0.5, 0.6) is 0 Å². The Labute approximate surface area is 160 Å². The van der Waals surface area contributed by atoms with Gasteiger partial charge in [0.05, 0.1) is 16.0 Å². The van der Waals surface area contributed by atoms with Crippen LogP contribution in [0.25, 0.3) is 10.9 Å². The summed E-state index contributed by atoms with van der Waals surface area (Å²) in [5.41, 5.74) is 2.83. The van der Waals surface area contributed by atoms with Crippen molar-refractivity contribution in [1.29, 1.82) is 0 Å². The van der Waals surface area contributed by atoms with Crippen LogP contribution in [0.15, 0.2) is 64.5 Å². The molecule has 0 amide bonds. The number of H-pyrrole nitrogens is 1. The number of hydrogen-bond acceptors (Lipinski definition) is 3. The molecule has 1 atom stereocenters. The fourth-order valence-electron chi connectivity index (χ4n) is 3.94. The van der Waals surface area contributed by atoms with E-state index in [0.29, 0.717) is 15.8 Å². The molecule has 2 aromatic carbocycles. The summed E-state index contributed by atoms with van der Waals surface area (Å²) >= 11 is 0. The molecule has 1 aliphatic rings. The van der Waals surface area contributed by atoms with Crippen molar-refractivity contribution in [2.45, 2.75) is 48.9 Å². The number of sulfone groups is 1. The molecule has 1 N–H and O–H groups in total. The molecule has 1 fully saturated rings. The van der Waals surface area contributed by atoms with Crippen LogP contribution in [-0.4, -0.2) is 21.0 Å². The van der Waals surface area contributed by atoms with E-state index in [1.54, 1.807) is 18.3 Å². The van der Waals surface area contributed by atoms with Crippen LogP contribution in [0.2, 0.25) is 0 Å². The molecule has 27 heavy (non-hydrogen) atoms. The first-order chi connectivity index (χ1) is 13.0. The first kappa shape index (κ1) is 18.0. The third kappa shape index (κ3) is 3.21. The Kier molecular flexibility index (Phi) is 4.64. The SMILES string of the molecule is Cc1ccc(S(=O)(=O)c2c[nH+]c3ccccc3c2N2CCCC[C@H]2C)cc1. The predicted molar refractivity (Wildman–Crippen MR) is 108 cm³/mol. The van der Waals surface area contributed by atoms with Gasteiger partial charge in [0, 0.05) is 18.7 Å². The number of nitrogens with one attached hydrogen (secondary N) is 1. The van der Waals surface area contributed by atoms with Crippen LogP contribution in [-0.2, 0) is 9.84 Å². The third-order valence-electron chi connectivity index (χ3n) is 5.49. The summed E-state index contributed by atoms with van der Waals surface area (Å²) in [7, 11) is -3.62. The van der Waals surface area contributed by atoms with E-state index in [4.69, 9.17) is 0 Å². The quantitative estimate of drug-likeness (QED) is 0.684. The van der Waals surface area contributed by atoms with Crippen molar-refractivity contribution >= 4 is 26.4 Å². The van der Waals surface area contributed by atoms with Crippen LogP contribution in [0.3, 0.4) is 0 Å². The van der Waals surface area contributed by atoms with E-state index in [9.17, 15) is 8.42 Å². The summed E-state index contributed by atoms with van der Waals surface area (Å²) in [6, 6.07) is 15.4. The van der Waals surface area contributed by atoms with Gasteiger partial charge in [-0.2, -0.15) is 0 Å². The Morgan fingerprint density at radius 2 is 1.78 bits per heavy atom. The molecule has 0 bridgehead atoms. The molecule has 0 unspecified atom stereocenters. The van der Waals surface area contributed by atoms with Gasteiger partial charge in [0.15, 0.2) is 11.1 Å². The van der Waals surface area contributed by atoms with Crippen molar-refractivity contribution < 1.29 is 13.4 Å². The van der Waals surface area contributed by atoms with Gasteiger partial charge in [0.2, 0.25) is 15.4 Å². The van der Waals surface area contributed by atoms with Crippen molar-refractivity contribution in [3.63, 3.8) is 0 Å². The molecule has 4 nitrogen and oxygen atoms in total. The van der Waals surface area contributed by atoms with Crippen molar-refractivity contribution in [3.8, 4) is 0 Å². The van der Waals surface area contributed by atoms with E-state index in [1.807, 2.05) is 43.3 Å². The summed E-state index contributed by atoms with van der Waals surface area (Å²) < 4.78 is 27.0. The zero-order valence-electron chi connectivity index (χ0n) is 15.8. The van der Waals surface area contributed by atoms with Gasteiger partial charge in [0.1, 0.15) is 0 Å². The van der Waals surface area contributed by atoms with Gasteiger partial charge in [-0.3, -0.25) is 0 Å². The van der Waals surface area contributed by atoms with Gasteiger partial charge in [-0.25, -0.2) is 13.4 Å². The number of benzene rings is 2. The molecule has 1 aliphatic heterocycles. The minimum Gasteiger partial charge on any atom is -0.367 e. The second-order valence-corrected chi connectivity index (χ2v) is 9.32. The zero-order valence-corrected chi connectivity index (χ0v) is 16.6. The number of fused-ring (bicyclic) bond motifs is 1. The van der Waals surface area contributed by atoms with Crippen LogP contribution >= 0.6 is 0 Å². The van der Waals surface area contributed by atoms with Gasteiger partial charge in [-0.15, -0.1) is 0 Å². The Balaban J connectivity index is 1.97. The average Bonchev–Trinajstić information content (AvgIpc) is 2.68. The molecule has 0 radical (unpaired) electrons. The molecule has 1 saturated heterocycles. The van der Waals surface area contributed by atoms with Crippen LogP contribution in [0.1, 0.15) is 31.7 Å². The third-order valence-corrected chi connectivity index (χ3v) is 7.27. The van der Waals surface area contributed by atoms with Gasteiger partial charge in [-0.05, 0) is 51.3 Å². The molecule has 5 heteroatoms. The maximum Gasteiger partial charge on any atom is 0.214 e. The van der Waals surface area contributed by atoms with E-state index in [0.717, 1.165) is 41.5 Å². The lowest BCUT2D eigenvalue weighted by Gasteiger charge is -2.36. The highest BCUT2D eigenvalue weighted by molar-refractivity contribution is 7.91. The highest BCUT2D eigenvalue weighted by Crippen LogP contribution is 2.37. The Bertz CT molecular complexity index is 1080. The highest BCUT2D eigenvalue weighted by Gasteiger charge is 2.31. The molecule has 4 rings (SSSR count). The number of nitrogens with zero attached hydrogens (tertiary/aromatic N) is 1. The number of aryl methyl sites for hydroxylation is 1. The lowest BCUT2D eigenvalue weighted by atomic mass is 10.0. The minimum atomic E-state index is -3.62. The monoisotopic (exact) mass is 381 g/mol. The number of aromatic nitrogens is 1. The summed E-state index contributed by atoms with van der Waals surface area (Å²) in [5.74, 6) is 0. The summed E-state index contributed by atoms with van der Waals surface area (Å²) in [5, 5.41) is 0.958. The second kappa shape index (κ2) is 6.97. The van der Waals surface area contributed by atoms with E-state index in [2.05, 4.69) is 16.8 Å². The van der Waals surface area contributed by atoms with Gasteiger partial charge < -0.3 is 4.90 Å². The lowest BCUT2D eigenvalue weighted by Crippen LogP contribution is -2.38. The Morgan fingerprint density at radius 3 is 2.52 bits per heavy atom. The normalized spacial score (nSPS) is 18.0. The van der Waals surface area contributed by atoms with E-state index >= 15 is 0 Å². The Hall–Kier alpha value is -2.40. The number of anilines is 1. The standard InChI is InChI=1S/C22H24N2O2S/c1-16-10-12-18(13-11-16)27(25,26)21-15-23-20-9-4-3-8-19(20)22(21)24-14-6-5-7-17(24)2/h3-4,8-13,15,17H,5-7,14H2,1-2H3/p+1/t17-/m1/s1. The average molecular weight is 382 g/mol. The lowest BCUT2D eigenvalue weighted by molar-refractivity contribution is -0.347. The fraction of sp³-hybridized carbons (Fsp3) is 0.318. The van der Waals surface area contributed by atoms with Crippen molar-refractivity contribution in [3.05, 3.63) is 60.3 Å².